The molecule has 0 spiro atoms. The molecule has 0 atom stereocenters. The summed E-state index contributed by atoms with van der Waals surface area (Å²) >= 11 is 0. The predicted molar refractivity (Wildman–Crippen MR) is 76.2 cm³/mol. The summed E-state index contributed by atoms with van der Waals surface area (Å²) in [6.45, 7) is 1.17. The van der Waals surface area contributed by atoms with Crippen LogP contribution in [0, 0.1) is 5.41 Å². The first-order valence-corrected chi connectivity index (χ1v) is 7.43. The second-order valence-electron chi connectivity index (χ2n) is 6.23. The number of piperidine rings is 1. The SMILES string of the molecule is O=C(N1CCCC(F)(F)C1)C1(Cc2ccccc2)CNC1. The van der Waals surface area contributed by atoms with Crippen molar-refractivity contribution in [3.05, 3.63) is 35.9 Å². The molecule has 0 saturated carbocycles. The smallest absolute Gasteiger partial charge is 0.265 e. The first-order valence-electron chi connectivity index (χ1n) is 7.43. The van der Waals surface area contributed by atoms with E-state index >= 15 is 0 Å². The van der Waals surface area contributed by atoms with Gasteiger partial charge in [-0.1, -0.05) is 30.3 Å². The second-order valence-corrected chi connectivity index (χ2v) is 6.23. The van der Waals surface area contributed by atoms with Gasteiger partial charge >= 0.3 is 0 Å². The number of likely N-dealkylation sites (tertiary alicyclic amines) is 1. The molecule has 0 aliphatic carbocycles. The van der Waals surface area contributed by atoms with E-state index in [1.165, 1.54) is 4.90 Å². The van der Waals surface area contributed by atoms with Gasteiger partial charge in [-0.3, -0.25) is 4.79 Å². The Balaban J connectivity index is 1.74. The fourth-order valence-electron chi connectivity index (χ4n) is 3.24. The predicted octanol–water partition coefficient (Wildman–Crippen LogP) is 2.08. The molecular formula is C16H20F2N2O. The Morgan fingerprint density at radius 3 is 2.52 bits per heavy atom. The highest BCUT2D eigenvalue weighted by molar-refractivity contribution is 5.85. The van der Waals surface area contributed by atoms with Gasteiger partial charge in [0.2, 0.25) is 5.91 Å². The van der Waals surface area contributed by atoms with Crippen LogP contribution in [0.4, 0.5) is 8.78 Å². The van der Waals surface area contributed by atoms with Crippen LogP contribution in [0.2, 0.25) is 0 Å². The first kappa shape index (κ1) is 14.4. The molecule has 1 aromatic rings. The van der Waals surface area contributed by atoms with Gasteiger partial charge in [0.1, 0.15) is 0 Å². The van der Waals surface area contributed by atoms with Crippen LogP contribution in [-0.2, 0) is 11.2 Å². The van der Waals surface area contributed by atoms with Crippen LogP contribution >= 0.6 is 0 Å². The van der Waals surface area contributed by atoms with Gasteiger partial charge in [-0.2, -0.15) is 0 Å². The number of benzene rings is 1. The highest BCUT2D eigenvalue weighted by atomic mass is 19.3. The Labute approximate surface area is 123 Å². The zero-order chi connectivity index (χ0) is 14.9. The third kappa shape index (κ3) is 2.93. The van der Waals surface area contributed by atoms with E-state index in [0.717, 1.165) is 5.56 Å². The summed E-state index contributed by atoms with van der Waals surface area (Å²) in [4.78, 5) is 14.1. The Morgan fingerprint density at radius 2 is 1.95 bits per heavy atom. The molecule has 2 aliphatic rings. The van der Waals surface area contributed by atoms with Gasteiger partial charge in [0.15, 0.2) is 0 Å². The van der Waals surface area contributed by atoms with Crippen LogP contribution in [0.1, 0.15) is 18.4 Å². The molecule has 3 rings (SSSR count). The zero-order valence-corrected chi connectivity index (χ0v) is 11.9. The van der Waals surface area contributed by atoms with Crippen LogP contribution in [0.3, 0.4) is 0 Å². The van der Waals surface area contributed by atoms with E-state index in [1.54, 1.807) is 0 Å². The van der Waals surface area contributed by atoms with E-state index in [9.17, 15) is 13.6 Å². The first-order chi connectivity index (χ1) is 10.0. The van der Waals surface area contributed by atoms with Crippen molar-refractivity contribution < 1.29 is 13.6 Å². The maximum atomic E-state index is 13.5. The Kier molecular flexibility index (Phi) is 3.69. The van der Waals surface area contributed by atoms with Crippen molar-refractivity contribution in [2.45, 2.75) is 25.2 Å². The van der Waals surface area contributed by atoms with Gasteiger partial charge < -0.3 is 10.2 Å². The largest absolute Gasteiger partial charge is 0.336 e. The molecule has 0 aromatic heterocycles. The van der Waals surface area contributed by atoms with Crippen LogP contribution in [0.15, 0.2) is 30.3 Å². The Bertz CT molecular complexity index is 514. The fourth-order valence-corrected chi connectivity index (χ4v) is 3.24. The lowest BCUT2D eigenvalue weighted by Crippen LogP contribution is -2.64. The number of hydrogen-bond donors (Lipinski definition) is 1. The standard InChI is InChI=1S/C16H20F2N2O/c17-16(18)7-4-8-20(12-16)14(21)15(10-19-11-15)9-13-5-2-1-3-6-13/h1-3,5-6,19H,4,7-12H2. The highest BCUT2D eigenvalue weighted by Gasteiger charge is 2.49. The summed E-state index contributed by atoms with van der Waals surface area (Å²) in [6, 6.07) is 9.78. The number of hydrogen-bond acceptors (Lipinski definition) is 2. The number of amides is 1. The minimum Gasteiger partial charge on any atom is -0.336 e. The summed E-state index contributed by atoms with van der Waals surface area (Å²) in [5.74, 6) is -2.86. The quantitative estimate of drug-likeness (QED) is 0.925. The van der Waals surface area contributed by atoms with Crippen molar-refractivity contribution in [1.82, 2.24) is 10.2 Å². The Morgan fingerprint density at radius 1 is 1.24 bits per heavy atom. The second kappa shape index (κ2) is 5.37. The molecule has 2 saturated heterocycles. The molecule has 0 radical (unpaired) electrons. The van der Waals surface area contributed by atoms with Gasteiger partial charge in [0, 0.05) is 26.1 Å². The molecule has 1 N–H and O–H groups in total. The van der Waals surface area contributed by atoms with E-state index in [1.807, 2.05) is 30.3 Å². The summed E-state index contributed by atoms with van der Waals surface area (Å²) in [5.41, 5.74) is 0.533. The zero-order valence-electron chi connectivity index (χ0n) is 11.9. The van der Waals surface area contributed by atoms with E-state index in [0.29, 0.717) is 32.5 Å². The normalized spacial score (nSPS) is 23.4. The summed E-state index contributed by atoms with van der Waals surface area (Å²) < 4.78 is 27.1. The van der Waals surface area contributed by atoms with Crippen molar-refractivity contribution in [3.63, 3.8) is 0 Å². The molecule has 1 amide bonds. The molecular weight excluding hydrogens is 274 g/mol. The van der Waals surface area contributed by atoms with Gasteiger partial charge in [0.25, 0.3) is 5.92 Å². The van der Waals surface area contributed by atoms with Gasteiger partial charge in [-0.25, -0.2) is 8.78 Å². The molecule has 5 heteroatoms. The lowest BCUT2D eigenvalue weighted by molar-refractivity contribution is -0.155. The van der Waals surface area contributed by atoms with Crippen LogP contribution in [0.25, 0.3) is 0 Å². The van der Waals surface area contributed by atoms with Crippen molar-refractivity contribution in [2.24, 2.45) is 5.41 Å². The number of carbonyl (C=O) groups is 1. The monoisotopic (exact) mass is 294 g/mol. The number of alkyl halides is 2. The topological polar surface area (TPSA) is 32.3 Å². The number of rotatable bonds is 3. The molecule has 3 nitrogen and oxygen atoms in total. The molecule has 2 heterocycles. The molecule has 1 aromatic carbocycles. The van der Waals surface area contributed by atoms with E-state index < -0.39 is 17.9 Å². The minimum atomic E-state index is -2.74. The van der Waals surface area contributed by atoms with Gasteiger partial charge in [-0.05, 0) is 18.4 Å². The molecule has 114 valence electrons. The van der Waals surface area contributed by atoms with Crippen molar-refractivity contribution in [2.75, 3.05) is 26.2 Å². The van der Waals surface area contributed by atoms with Crippen molar-refractivity contribution in [3.8, 4) is 0 Å². The summed E-state index contributed by atoms with van der Waals surface area (Å²) in [6.07, 6.45) is 0.885. The number of carbonyl (C=O) groups excluding carboxylic acids is 1. The van der Waals surface area contributed by atoms with Crippen molar-refractivity contribution in [1.29, 1.82) is 0 Å². The fraction of sp³-hybridized carbons (Fsp3) is 0.562. The van der Waals surface area contributed by atoms with Gasteiger partial charge in [0.05, 0.1) is 12.0 Å². The highest BCUT2D eigenvalue weighted by Crippen LogP contribution is 2.34. The lowest BCUT2D eigenvalue weighted by atomic mass is 9.74. The average molecular weight is 294 g/mol. The molecule has 0 unspecified atom stereocenters. The third-order valence-electron chi connectivity index (χ3n) is 4.45. The Hall–Kier alpha value is -1.49. The number of nitrogens with zero attached hydrogens (tertiary/aromatic N) is 1. The number of nitrogens with one attached hydrogen (secondary N) is 1. The summed E-state index contributed by atoms with van der Waals surface area (Å²) in [7, 11) is 0. The summed E-state index contributed by atoms with van der Waals surface area (Å²) in [5, 5.41) is 3.13. The maximum Gasteiger partial charge on any atom is 0.265 e. The molecule has 0 bridgehead atoms. The van der Waals surface area contributed by atoms with Crippen LogP contribution < -0.4 is 5.32 Å². The van der Waals surface area contributed by atoms with Crippen LogP contribution in [0.5, 0.6) is 0 Å². The third-order valence-corrected chi connectivity index (χ3v) is 4.45. The minimum absolute atomic E-state index is 0.110. The van der Waals surface area contributed by atoms with Crippen molar-refractivity contribution >= 4 is 5.91 Å². The van der Waals surface area contributed by atoms with E-state index in [4.69, 9.17) is 0 Å². The lowest BCUT2D eigenvalue weighted by Gasteiger charge is -2.46. The van der Waals surface area contributed by atoms with E-state index in [2.05, 4.69) is 5.32 Å². The van der Waals surface area contributed by atoms with Crippen LogP contribution in [-0.4, -0.2) is 42.9 Å². The maximum absolute atomic E-state index is 13.5. The molecule has 2 fully saturated rings. The average Bonchev–Trinajstić information content (AvgIpc) is 2.42. The number of halogens is 2. The molecule has 2 aliphatic heterocycles. The van der Waals surface area contributed by atoms with Gasteiger partial charge in [-0.15, -0.1) is 0 Å². The molecule has 21 heavy (non-hydrogen) atoms. The van der Waals surface area contributed by atoms with E-state index in [-0.39, 0.29) is 12.3 Å².